The molecule has 2 saturated carbocycles. The quantitative estimate of drug-likeness (QED) is 0.848. The van der Waals surface area contributed by atoms with Gasteiger partial charge in [0.25, 0.3) is 5.91 Å². The second-order valence-electron chi connectivity index (χ2n) is 7.40. The van der Waals surface area contributed by atoms with Crippen LogP contribution in [0, 0.1) is 0 Å². The highest BCUT2D eigenvalue weighted by Gasteiger charge is 2.50. The highest BCUT2D eigenvalue weighted by molar-refractivity contribution is 5.86. The van der Waals surface area contributed by atoms with Crippen LogP contribution in [0.25, 0.3) is 0 Å². The fraction of sp³-hybridized carbons (Fsp3) is 0.632. The SMILES string of the molecule is CC(C)OC1(C(=O)NC2CC(CO)(c3ccccc3)C2)CCC1. The maximum Gasteiger partial charge on any atom is 0.252 e. The molecule has 0 heterocycles. The van der Waals surface area contributed by atoms with Gasteiger partial charge in [0.1, 0.15) is 5.60 Å². The van der Waals surface area contributed by atoms with Crippen molar-refractivity contribution >= 4 is 5.91 Å². The van der Waals surface area contributed by atoms with Crippen molar-refractivity contribution < 1.29 is 14.6 Å². The Morgan fingerprint density at radius 1 is 1.30 bits per heavy atom. The number of hydrogen-bond donors (Lipinski definition) is 2. The Kier molecular flexibility index (Phi) is 4.47. The van der Waals surface area contributed by atoms with Crippen LogP contribution in [0.2, 0.25) is 0 Å². The van der Waals surface area contributed by atoms with Crippen molar-refractivity contribution in [3.63, 3.8) is 0 Å². The molecule has 0 atom stereocenters. The Bertz CT molecular complexity index is 545. The second kappa shape index (κ2) is 6.25. The minimum atomic E-state index is -0.613. The Balaban J connectivity index is 1.60. The van der Waals surface area contributed by atoms with Crippen LogP contribution < -0.4 is 5.32 Å². The molecule has 2 aliphatic carbocycles. The third kappa shape index (κ3) is 3.02. The zero-order valence-electron chi connectivity index (χ0n) is 14.0. The number of ether oxygens (including phenoxy) is 1. The normalized spacial score (nSPS) is 28.8. The van der Waals surface area contributed by atoms with Crippen LogP contribution in [-0.2, 0) is 14.9 Å². The predicted molar refractivity (Wildman–Crippen MR) is 89.2 cm³/mol. The van der Waals surface area contributed by atoms with E-state index in [0.717, 1.165) is 37.7 Å². The zero-order valence-corrected chi connectivity index (χ0v) is 14.0. The molecular weight excluding hydrogens is 290 g/mol. The molecule has 23 heavy (non-hydrogen) atoms. The Morgan fingerprint density at radius 2 is 1.96 bits per heavy atom. The van der Waals surface area contributed by atoms with Gasteiger partial charge in [0, 0.05) is 11.5 Å². The summed E-state index contributed by atoms with van der Waals surface area (Å²) in [6.45, 7) is 4.07. The number of carbonyl (C=O) groups is 1. The van der Waals surface area contributed by atoms with Gasteiger partial charge >= 0.3 is 0 Å². The van der Waals surface area contributed by atoms with Gasteiger partial charge in [-0.3, -0.25) is 4.79 Å². The van der Waals surface area contributed by atoms with Gasteiger partial charge in [-0.1, -0.05) is 30.3 Å². The molecule has 0 saturated heterocycles. The molecule has 1 aromatic rings. The molecule has 2 fully saturated rings. The van der Waals surface area contributed by atoms with Gasteiger partial charge in [-0.2, -0.15) is 0 Å². The number of aliphatic hydroxyl groups is 1. The van der Waals surface area contributed by atoms with E-state index in [1.54, 1.807) is 0 Å². The van der Waals surface area contributed by atoms with Crippen molar-refractivity contribution in [1.82, 2.24) is 5.32 Å². The molecular formula is C19H27NO3. The van der Waals surface area contributed by atoms with Crippen LogP contribution in [0.15, 0.2) is 30.3 Å². The summed E-state index contributed by atoms with van der Waals surface area (Å²) >= 11 is 0. The second-order valence-corrected chi connectivity index (χ2v) is 7.40. The van der Waals surface area contributed by atoms with Crippen LogP contribution in [-0.4, -0.2) is 35.4 Å². The molecule has 0 aliphatic heterocycles. The largest absolute Gasteiger partial charge is 0.395 e. The van der Waals surface area contributed by atoms with Crippen LogP contribution >= 0.6 is 0 Å². The van der Waals surface area contributed by atoms with Crippen LogP contribution in [0.1, 0.15) is 51.5 Å². The number of amides is 1. The first kappa shape index (κ1) is 16.5. The van der Waals surface area contributed by atoms with Gasteiger partial charge in [0.05, 0.1) is 12.7 Å². The molecule has 0 radical (unpaired) electrons. The van der Waals surface area contributed by atoms with Crippen molar-refractivity contribution in [1.29, 1.82) is 0 Å². The average molecular weight is 317 g/mol. The van der Waals surface area contributed by atoms with E-state index in [4.69, 9.17) is 4.74 Å². The molecule has 0 bridgehead atoms. The molecule has 3 rings (SSSR count). The smallest absolute Gasteiger partial charge is 0.252 e. The third-order valence-electron chi connectivity index (χ3n) is 5.33. The summed E-state index contributed by atoms with van der Waals surface area (Å²) < 4.78 is 5.91. The fourth-order valence-corrected chi connectivity index (χ4v) is 3.90. The lowest BCUT2D eigenvalue weighted by atomic mass is 9.62. The molecule has 0 aromatic heterocycles. The summed E-state index contributed by atoms with van der Waals surface area (Å²) in [5, 5.41) is 13.0. The van der Waals surface area contributed by atoms with Crippen molar-refractivity contribution in [2.75, 3.05) is 6.61 Å². The lowest BCUT2D eigenvalue weighted by molar-refractivity contribution is -0.170. The van der Waals surface area contributed by atoms with E-state index in [1.165, 1.54) is 0 Å². The maximum atomic E-state index is 12.6. The first-order valence-electron chi connectivity index (χ1n) is 8.65. The first-order chi connectivity index (χ1) is 11.0. The highest BCUT2D eigenvalue weighted by atomic mass is 16.5. The predicted octanol–water partition coefficient (Wildman–Crippen LogP) is 2.54. The van der Waals surface area contributed by atoms with Crippen LogP contribution in [0.5, 0.6) is 0 Å². The van der Waals surface area contributed by atoms with Gasteiger partial charge in [-0.05, 0) is 51.5 Å². The van der Waals surface area contributed by atoms with E-state index in [2.05, 4.69) is 17.4 Å². The van der Waals surface area contributed by atoms with Gasteiger partial charge < -0.3 is 15.2 Å². The fourth-order valence-electron chi connectivity index (χ4n) is 3.90. The van der Waals surface area contributed by atoms with E-state index in [9.17, 15) is 9.90 Å². The highest BCUT2D eigenvalue weighted by Crippen LogP contribution is 2.44. The van der Waals surface area contributed by atoms with E-state index in [1.807, 2.05) is 32.0 Å². The summed E-state index contributed by atoms with van der Waals surface area (Å²) in [7, 11) is 0. The third-order valence-corrected chi connectivity index (χ3v) is 5.33. The molecule has 0 spiro atoms. The number of carbonyl (C=O) groups excluding carboxylic acids is 1. The van der Waals surface area contributed by atoms with Gasteiger partial charge in [-0.15, -0.1) is 0 Å². The molecule has 2 N–H and O–H groups in total. The Labute approximate surface area is 138 Å². The number of hydrogen-bond acceptors (Lipinski definition) is 3. The zero-order chi connectivity index (χ0) is 16.5. The van der Waals surface area contributed by atoms with Crippen molar-refractivity contribution in [3.8, 4) is 0 Å². The van der Waals surface area contributed by atoms with E-state index < -0.39 is 5.60 Å². The van der Waals surface area contributed by atoms with E-state index in [-0.39, 0.29) is 30.1 Å². The minimum Gasteiger partial charge on any atom is -0.395 e. The topological polar surface area (TPSA) is 58.6 Å². The number of benzene rings is 1. The van der Waals surface area contributed by atoms with Crippen LogP contribution in [0.3, 0.4) is 0 Å². The van der Waals surface area contributed by atoms with Gasteiger partial charge in [0.15, 0.2) is 0 Å². The molecule has 2 aliphatic rings. The lowest BCUT2D eigenvalue weighted by Crippen LogP contribution is -2.61. The molecule has 4 nitrogen and oxygen atoms in total. The first-order valence-corrected chi connectivity index (χ1v) is 8.65. The molecule has 1 aromatic carbocycles. The van der Waals surface area contributed by atoms with Crippen molar-refractivity contribution in [2.24, 2.45) is 0 Å². The molecule has 0 unspecified atom stereocenters. The number of rotatable bonds is 6. The Hall–Kier alpha value is -1.39. The average Bonchev–Trinajstić information content (AvgIpc) is 2.46. The lowest BCUT2D eigenvalue weighted by Gasteiger charge is -2.49. The molecule has 1 amide bonds. The van der Waals surface area contributed by atoms with Gasteiger partial charge in [-0.25, -0.2) is 0 Å². The summed E-state index contributed by atoms with van der Waals surface area (Å²) in [4.78, 5) is 12.6. The van der Waals surface area contributed by atoms with E-state index in [0.29, 0.717) is 0 Å². The standard InChI is InChI=1S/C19H27NO3/c1-14(2)23-19(9-6-10-19)17(22)20-16-11-18(12-16,13-21)15-7-4-3-5-8-15/h3-5,7-8,14,16,21H,6,9-13H2,1-2H3,(H,20,22). The summed E-state index contributed by atoms with van der Waals surface area (Å²) in [6.07, 6.45) is 4.31. The number of aliphatic hydroxyl groups excluding tert-OH is 1. The van der Waals surface area contributed by atoms with Crippen molar-refractivity contribution in [3.05, 3.63) is 35.9 Å². The molecule has 126 valence electrons. The maximum absolute atomic E-state index is 12.6. The summed E-state index contributed by atoms with van der Waals surface area (Å²) in [5.74, 6) is 0.0297. The Morgan fingerprint density at radius 3 is 2.43 bits per heavy atom. The minimum absolute atomic E-state index is 0.0297. The summed E-state index contributed by atoms with van der Waals surface area (Å²) in [5.41, 5.74) is 0.341. The van der Waals surface area contributed by atoms with E-state index >= 15 is 0 Å². The van der Waals surface area contributed by atoms with Crippen molar-refractivity contribution in [2.45, 2.75) is 69.1 Å². The summed E-state index contributed by atoms with van der Waals surface area (Å²) in [6, 6.07) is 10.2. The van der Waals surface area contributed by atoms with Crippen LogP contribution in [0.4, 0.5) is 0 Å². The number of nitrogens with one attached hydrogen (secondary N) is 1. The molecule has 4 heteroatoms. The van der Waals surface area contributed by atoms with Gasteiger partial charge in [0.2, 0.25) is 0 Å². The monoisotopic (exact) mass is 317 g/mol.